The van der Waals surface area contributed by atoms with Crippen LogP contribution in [-0.2, 0) is 9.53 Å². The molecule has 0 N–H and O–H groups in total. The van der Waals surface area contributed by atoms with E-state index in [2.05, 4.69) is 4.90 Å². The molecule has 2 aliphatic rings. The molecule has 6 heteroatoms. The quantitative estimate of drug-likeness (QED) is 0.773. The van der Waals surface area contributed by atoms with Crippen LogP contribution in [0.15, 0.2) is 30.3 Å². The summed E-state index contributed by atoms with van der Waals surface area (Å²) in [7, 11) is 0. The lowest BCUT2D eigenvalue weighted by molar-refractivity contribution is -0.128. The van der Waals surface area contributed by atoms with Crippen LogP contribution in [0.2, 0.25) is 0 Å². The lowest BCUT2D eigenvalue weighted by atomic mass is 10.1. The molecule has 2 fully saturated rings. The minimum Gasteiger partial charge on any atom is -0.460 e. The lowest BCUT2D eigenvalue weighted by Crippen LogP contribution is -2.29. The SMILES string of the molecule is O=C(OCCN1CCCC1=O)c1cc2ccccc2nc1N1CCCC1. The first-order chi connectivity index (χ1) is 12.7. The summed E-state index contributed by atoms with van der Waals surface area (Å²) in [6.07, 6.45) is 3.71. The Bertz CT molecular complexity index is 830. The van der Waals surface area contributed by atoms with Crippen LogP contribution in [-0.4, -0.2) is 54.5 Å². The van der Waals surface area contributed by atoms with Gasteiger partial charge in [0.05, 0.1) is 12.1 Å². The number of pyridine rings is 1. The summed E-state index contributed by atoms with van der Waals surface area (Å²) in [5, 5.41) is 0.928. The van der Waals surface area contributed by atoms with E-state index in [1.54, 1.807) is 4.90 Å². The number of hydrogen-bond donors (Lipinski definition) is 0. The highest BCUT2D eigenvalue weighted by Crippen LogP contribution is 2.27. The maximum atomic E-state index is 12.7. The fourth-order valence-corrected chi connectivity index (χ4v) is 3.69. The second-order valence-corrected chi connectivity index (χ2v) is 6.87. The van der Waals surface area contributed by atoms with E-state index >= 15 is 0 Å². The summed E-state index contributed by atoms with van der Waals surface area (Å²) in [5.74, 6) is 0.492. The predicted molar refractivity (Wildman–Crippen MR) is 99.3 cm³/mol. The average molecular weight is 353 g/mol. The molecule has 1 amide bonds. The first-order valence-corrected chi connectivity index (χ1v) is 9.32. The Morgan fingerprint density at radius 1 is 1.12 bits per heavy atom. The Balaban J connectivity index is 1.54. The first kappa shape index (κ1) is 16.8. The maximum Gasteiger partial charge on any atom is 0.341 e. The van der Waals surface area contributed by atoms with E-state index in [4.69, 9.17) is 9.72 Å². The Hall–Kier alpha value is -2.63. The van der Waals surface area contributed by atoms with Crippen molar-refractivity contribution in [2.45, 2.75) is 25.7 Å². The van der Waals surface area contributed by atoms with Gasteiger partial charge in [0, 0.05) is 31.4 Å². The highest BCUT2D eigenvalue weighted by molar-refractivity contribution is 5.99. The minimum absolute atomic E-state index is 0.145. The molecule has 0 radical (unpaired) electrons. The number of para-hydroxylation sites is 1. The summed E-state index contributed by atoms with van der Waals surface area (Å²) >= 11 is 0. The van der Waals surface area contributed by atoms with Crippen molar-refractivity contribution in [1.82, 2.24) is 9.88 Å². The van der Waals surface area contributed by atoms with Gasteiger partial charge in [-0.2, -0.15) is 0 Å². The number of likely N-dealkylation sites (tertiary alicyclic amines) is 1. The fraction of sp³-hybridized carbons (Fsp3) is 0.450. The van der Waals surface area contributed by atoms with Crippen molar-refractivity contribution in [2.24, 2.45) is 0 Å². The van der Waals surface area contributed by atoms with Crippen molar-refractivity contribution in [3.8, 4) is 0 Å². The molecule has 0 unspecified atom stereocenters. The Labute approximate surface area is 152 Å². The lowest BCUT2D eigenvalue weighted by Gasteiger charge is -2.20. The summed E-state index contributed by atoms with van der Waals surface area (Å²) in [6.45, 7) is 3.26. The van der Waals surface area contributed by atoms with E-state index in [1.165, 1.54) is 0 Å². The number of aromatic nitrogens is 1. The van der Waals surface area contributed by atoms with E-state index in [-0.39, 0.29) is 18.5 Å². The van der Waals surface area contributed by atoms with Crippen molar-refractivity contribution in [1.29, 1.82) is 0 Å². The molecule has 0 saturated carbocycles. The summed E-state index contributed by atoms with van der Waals surface area (Å²) < 4.78 is 5.49. The molecule has 2 saturated heterocycles. The van der Waals surface area contributed by atoms with Gasteiger partial charge >= 0.3 is 5.97 Å². The molecule has 0 aliphatic carbocycles. The summed E-state index contributed by atoms with van der Waals surface area (Å²) in [5.41, 5.74) is 1.40. The zero-order valence-corrected chi connectivity index (χ0v) is 14.8. The van der Waals surface area contributed by atoms with Crippen molar-refractivity contribution in [2.75, 3.05) is 37.7 Å². The number of anilines is 1. The number of esters is 1. The molecule has 3 heterocycles. The van der Waals surface area contributed by atoms with Crippen LogP contribution in [0, 0.1) is 0 Å². The van der Waals surface area contributed by atoms with Gasteiger partial charge in [0.2, 0.25) is 5.91 Å². The highest BCUT2D eigenvalue weighted by Gasteiger charge is 2.24. The van der Waals surface area contributed by atoms with Gasteiger partial charge in [-0.05, 0) is 31.4 Å². The van der Waals surface area contributed by atoms with E-state index in [0.29, 0.717) is 24.3 Å². The van der Waals surface area contributed by atoms with Crippen LogP contribution >= 0.6 is 0 Å². The van der Waals surface area contributed by atoms with E-state index in [1.807, 2.05) is 30.3 Å². The topological polar surface area (TPSA) is 62.7 Å². The Morgan fingerprint density at radius 3 is 2.69 bits per heavy atom. The number of benzene rings is 1. The smallest absolute Gasteiger partial charge is 0.341 e. The normalized spacial score (nSPS) is 17.3. The maximum absolute atomic E-state index is 12.7. The molecule has 26 heavy (non-hydrogen) atoms. The van der Waals surface area contributed by atoms with Gasteiger partial charge in [-0.3, -0.25) is 4.79 Å². The molecular weight excluding hydrogens is 330 g/mol. The van der Waals surface area contributed by atoms with Gasteiger partial charge in [0.15, 0.2) is 0 Å². The zero-order valence-electron chi connectivity index (χ0n) is 14.8. The van der Waals surface area contributed by atoms with Crippen LogP contribution in [0.25, 0.3) is 10.9 Å². The third kappa shape index (κ3) is 3.36. The fourth-order valence-electron chi connectivity index (χ4n) is 3.69. The van der Waals surface area contributed by atoms with Gasteiger partial charge in [0.1, 0.15) is 18.0 Å². The molecule has 0 spiro atoms. The number of hydrogen-bond acceptors (Lipinski definition) is 5. The largest absolute Gasteiger partial charge is 0.460 e. The number of amides is 1. The number of fused-ring (bicyclic) bond motifs is 1. The van der Waals surface area contributed by atoms with Gasteiger partial charge in [-0.15, -0.1) is 0 Å². The number of rotatable bonds is 5. The second-order valence-electron chi connectivity index (χ2n) is 6.87. The molecule has 0 atom stereocenters. The first-order valence-electron chi connectivity index (χ1n) is 9.32. The monoisotopic (exact) mass is 353 g/mol. The molecule has 136 valence electrons. The minimum atomic E-state index is -0.364. The molecular formula is C20H23N3O3. The van der Waals surface area contributed by atoms with Crippen molar-refractivity contribution < 1.29 is 14.3 Å². The zero-order chi connectivity index (χ0) is 17.9. The van der Waals surface area contributed by atoms with Crippen molar-refractivity contribution in [3.05, 3.63) is 35.9 Å². The van der Waals surface area contributed by atoms with E-state index in [0.717, 1.165) is 49.8 Å². The van der Waals surface area contributed by atoms with Gasteiger partial charge in [-0.25, -0.2) is 9.78 Å². The molecule has 6 nitrogen and oxygen atoms in total. The second kappa shape index (κ2) is 7.32. The van der Waals surface area contributed by atoms with Gasteiger partial charge < -0.3 is 14.5 Å². The molecule has 1 aromatic carbocycles. The molecule has 2 aliphatic heterocycles. The molecule has 0 bridgehead atoms. The van der Waals surface area contributed by atoms with Gasteiger partial charge in [-0.1, -0.05) is 18.2 Å². The van der Waals surface area contributed by atoms with Crippen LogP contribution in [0.1, 0.15) is 36.0 Å². The van der Waals surface area contributed by atoms with E-state index in [9.17, 15) is 9.59 Å². The number of nitrogens with zero attached hydrogens (tertiary/aromatic N) is 3. The molecule has 2 aromatic rings. The standard InChI is InChI=1S/C20H23N3O3/c24-18-8-5-11-22(18)12-13-26-20(25)16-14-15-6-1-2-7-17(15)21-19(16)23-9-3-4-10-23/h1-2,6-7,14H,3-5,8-13H2. The van der Waals surface area contributed by atoms with Gasteiger partial charge in [0.25, 0.3) is 0 Å². The summed E-state index contributed by atoms with van der Waals surface area (Å²) in [6, 6.07) is 9.68. The molecule has 4 rings (SSSR count). The Kier molecular flexibility index (Phi) is 4.73. The molecule has 1 aromatic heterocycles. The predicted octanol–water partition coefficient (Wildman–Crippen LogP) is 2.61. The van der Waals surface area contributed by atoms with Crippen LogP contribution < -0.4 is 4.90 Å². The number of carbonyl (C=O) groups is 2. The van der Waals surface area contributed by atoms with Crippen molar-refractivity contribution >= 4 is 28.6 Å². The van der Waals surface area contributed by atoms with Crippen LogP contribution in [0.3, 0.4) is 0 Å². The van der Waals surface area contributed by atoms with Crippen molar-refractivity contribution in [3.63, 3.8) is 0 Å². The number of ether oxygens (including phenoxy) is 1. The Morgan fingerprint density at radius 2 is 1.92 bits per heavy atom. The average Bonchev–Trinajstić information content (AvgIpc) is 3.33. The summed E-state index contributed by atoms with van der Waals surface area (Å²) in [4.78, 5) is 33.0. The van der Waals surface area contributed by atoms with Crippen LogP contribution in [0.4, 0.5) is 5.82 Å². The van der Waals surface area contributed by atoms with E-state index < -0.39 is 0 Å². The highest BCUT2D eigenvalue weighted by atomic mass is 16.5. The third-order valence-corrected chi connectivity index (χ3v) is 5.10. The number of carbonyl (C=O) groups excluding carboxylic acids is 2. The third-order valence-electron chi connectivity index (χ3n) is 5.10. The van der Waals surface area contributed by atoms with Crippen LogP contribution in [0.5, 0.6) is 0 Å².